The van der Waals surface area contributed by atoms with E-state index in [1.165, 1.54) is 4.90 Å². The molecule has 278 valence electrons. The molecule has 2 aliphatic rings. The van der Waals surface area contributed by atoms with Crippen molar-refractivity contribution in [1.82, 2.24) is 30.6 Å². The third kappa shape index (κ3) is 11.3. The summed E-state index contributed by atoms with van der Waals surface area (Å²) < 4.78 is 45.0. The lowest BCUT2D eigenvalue weighted by Gasteiger charge is -2.30. The molecule has 0 aliphatic carbocycles. The summed E-state index contributed by atoms with van der Waals surface area (Å²) in [6.45, 7) is 4.46. The zero-order chi connectivity index (χ0) is 36.4. The Morgan fingerprint density at radius 3 is 2.55 bits per heavy atom. The van der Waals surface area contributed by atoms with Crippen LogP contribution in [0.5, 0.6) is 0 Å². The Morgan fingerprint density at radius 2 is 1.84 bits per heavy atom. The first-order valence-electron chi connectivity index (χ1n) is 17.3. The zero-order valence-corrected chi connectivity index (χ0v) is 30.5. The number of hydrogen-bond acceptors (Lipinski definition) is 11. The summed E-state index contributed by atoms with van der Waals surface area (Å²) in [5.74, 6) is -1.58. The number of nitrogens with one attached hydrogen (secondary N) is 4. The molecule has 14 nitrogen and oxygen atoms in total. The molecule has 0 saturated carbocycles. The Balaban J connectivity index is 1.37. The SMILES string of the molecule is CCNCOC[C@H](NC(=O)[C@@H]1C[C@@H](OCc2ccc(Cl)cc2)CN1C(=O)[C@@H](CCC1CCNCC1)NS(C)(=O)=O)C(=O)c1nc2ccccc2o1. The van der Waals surface area contributed by atoms with Crippen molar-refractivity contribution in [2.45, 2.75) is 69.9 Å². The van der Waals surface area contributed by atoms with Crippen molar-refractivity contribution in [3.63, 3.8) is 0 Å². The van der Waals surface area contributed by atoms with E-state index in [-0.39, 0.29) is 45.2 Å². The molecule has 4 atom stereocenters. The van der Waals surface area contributed by atoms with Gasteiger partial charge in [-0.1, -0.05) is 42.8 Å². The van der Waals surface area contributed by atoms with Crippen molar-refractivity contribution < 1.29 is 36.7 Å². The van der Waals surface area contributed by atoms with E-state index in [1.807, 2.05) is 19.1 Å². The lowest BCUT2D eigenvalue weighted by Crippen LogP contribution is -2.56. The number of para-hydroxylation sites is 2. The van der Waals surface area contributed by atoms with Gasteiger partial charge in [0.25, 0.3) is 5.89 Å². The fourth-order valence-corrected chi connectivity index (χ4v) is 7.26. The number of halogens is 1. The second-order valence-electron chi connectivity index (χ2n) is 13.0. The summed E-state index contributed by atoms with van der Waals surface area (Å²) in [6, 6.07) is 10.7. The maximum absolute atomic E-state index is 14.3. The van der Waals surface area contributed by atoms with Gasteiger partial charge in [-0.3, -0.25) is 19.7 Å². The minimum Gasteiger partial charge on any atom is -0.434 e. The maximum atomic E-state index is 14.3. The summed E-state index contributed by atoms with van der Waals surface area (Å²) in [7, 11) is -3.78. The molecular formula is C35H47ClN6O8S. The van der Waals surface area contributed by atoms with Crippen LogP contribution in [-0.4, -0.2) is 106 Å². The van der Waals surface area contributed by atoms with Gasteiger partial charge in [-0.15, -0.1) is 0 Å². The highest BCUT2D eigenvalue weighted by Gasteiger charge is 2.44. The first kappa shape index (κ1) is 38.8. The van der Waals surface area contributed by atoms with E-state index >= 15 is 0 Å². The van der Waals surface area contributed by atoms with Crippen LogP contribution in [-0.2, 0) is 35.7 Å². The quantitative estimate of drug-likeness (QED) is 0.0854. The van der Waals surface area contributed by atoms with Crippen molar-refractivity contribution in [3.05, 3.63) is 65.0 Å². The first-order valence-corrected chi connectivity index (χ1v) is 19.6. The number of likely N-dealkylation sites (tertiary alicyclic amines) is 1. The van der Waals surface area contributed by atoms with Gasteiger partial charge < -0.3 is 29.4 Å². The topological polar surface area (TPSA) is 181 Å². The third-order valence-electron chi connectivity index (χ3n) is 9.10. The highest BCUT2D eigenvalue weighted by molar-refractivity contribution is 7.88. The molecule has 5 rings (SSSR count). The van der Waals surface area contributed by atoms with Gasteiger partial charge in [0.2, 0.25) is 27.6 Å². The van der Waals surface area contributed by atoms with E-state index in [1.54, 1.807) is 36.4 Å². The van der Waals surface area contributed by atoms with E-state index in [4.69, 9.17) is 25.5 Å². The number of oxazole rings is 1. The van der Waals surface area contributed by atoms with Crippen LogP contribution in [0.4, 0.5) is 0 Å². The molecule has 4 N–H and O–H groups in total. The molecule has 1 aromatic heterocycles. The molecular weight excluding hydrogens is 700 g/mol. The van der Waals surface area contributed by atoms with Crippen LogP contribution < -0.4 is 20.7 Å². The lowest BCUT2D eigenvalue weighted by molar-refractivity contribution is -0.140. The minimum atomic E-state index is -3.78. The summed E-state index contributed by atoms with van der Waals surface area (Å²) >= 11 is 6.04. The van der Waals surface area contributed by atoms with Gasteiger partial charge in [-0.2, -0.15) is 0 Å². The molecule has 2 saturated heterocycles. The molecule has 2 fully saturated rings. The van der Waals surface area contributed by atoms with Crippen LogP contribution in [0.15, 0.2) is 52.9 Å². The Hall–Kier alpha value is -3.44. The number of amides is 2. The number of carbonyl (C=O) groups is 3. The molecule has 0 bridgehead atoms. The molecule has 2 aromatic carbocycles. The number of aromatic nitrogens is 1. The Morgan fingerprint density at radius 1 is 1.10 bits per heavy atom. The lowest BCUT2D eigenvalue weighted by atomic mass is 9.91. The molecule has 0 spiro atoms. The highest BCUT2D eigenvalue weighted by Crippen LogP contribution is 2.26. The first-order chi connectivity index (χ1) is 24.5. The van der Waals surface area contributed by atoms with Gasteiger partial charge in [0.15, 0.2) is 5.58 Å². The van der Waals surface area contributed by atoms with E-state index in [0.717, 1.165) is 37.8 Å². The molecule has 16 heteroatoms. The summed E-state index contributed by atoms with van der Waals surface area (Å²) in [6.07, 6.45) is 3.36. The van der Waals surface area contributed by atoms with Crippen LogP contribution >= 0.6 is 11.6 Å². The van der Waals surface area contributed by atoms with Crippen LogP contribution in [0.1, 0.15) is 55.3 Å². The maximum Gasteiger partial charge on any atom is 0.266 e. The summed E-state index contributed by atoms with van der Waals surface area (Å²) in [4.78, 5) is 47.8. The molecule has 2 aliphatic heterocycles. The van der Waals surface area contributed by atoms with Crippen molar-refractivity contribution in [3.8, 4) is 0 Å². The summed E-state index contributed by atoms with van der Waals surface area (Å²) in [5, 5.41) is 9.70. The monoisotopic (exact) mass is 746 g/mol. The summed E-state index contributed by atoms with van der Waals surface area (Å²) in [5.41, 5.74) is 1.76. The second kappa shape index (κ2) is 18.4. The number of Topliss-reactive ketones (excluding diaryl/α,β-unsaturated/α-hetero) is 1. The number of carbonyl (C=O) groups excluding carboxylic acids is 3. The normalized spacial score (nSPS) is 19.6. The average Bonchev–Trinajstić information content (AvgIpc) is 3.76. The number of ether oxygens (including phenoxy) is 2. The Kier molecular flexibility index (Phi) is 14.0. The molecule has 0 radical (unpaired) electrons. The van der Waals surface area contributed by atoms with E-state index in [9.17, 15) is 22.8 Å². The highest BCUT2D eigenvalue weighted by atomic mass is 35.5. The molecule has 2 amide bonds. The average molecular weight is 747 g/mol. The largest absolute Gasteiger partial charge is 0.434 e. The van der Waals surface area contributed by atoms with Crippen LogP contribution in [0.25, 0.3) is 11.1 Å². The predicted molar refractivity (Wildman–Crippen MR) is 192 cm³/mol. The number of fused-ring (bicyclic) bond motifs is 1. The van der Waals surface area contributed by atoms with Crippen LogP contribution in [0.2, 0.25) is 5.02 Å². The molecule has 3 aromatic rings. The molecule has 0 unspecified atom stereocenters. The van der Waals surface area contributed by atoms with E-state index in [2.05, 4.69) is 25.7 Å². The number of sulfonamides is 1. The predicted octanol–water partition coefficient (Wildman–Crippen LogP) is 2.62. The van der Waals surface area contributed by atoms with Crippen LogP contribution in [0, 0.1) is 5.92 Å². The van der Waals surface area contributed by atoms with Gasteiger partial charge in [0.1, 0.15) is 23.6 Å². The number of benzene rings is 2. The van der Waals surface area contributed by atoms with Crippen molar-refractivity contribution in [1.29, 1.82) is 0 Å². The van der Waals surface area contributed by atoms with Gasteiger partial charge in [-0.25, -0.2) is 18.1 Å². The minimum absolute atomic E-state index is 0.0421. The number of piperidine rings is 1. The van der Waals surface area contributed by atoms with Crippen molar-refractivity contribution in [2.24, 2.45) is 5.92 Å². The standard InChI is InChI=1S/C35H47ClN6O8S/c1-3-37-22-48-21-29(32(43)34-40-27-6-4-5-7-31(27)50-34)39-33(44)30-18-26(49-20-24-8-11-25(36)12-9-24)19-42(30)35(45)28(41-51(2,46)47)13-10-23-14-16-38-17-15-23/h4-9,11-12,23,26,28-30,37-38,41H,3,10,13-22H2,1-2H3,(H,39,44)/t26-,28-,29+,30+/m1/s1. The third-order valence-corrected chi connectivity index (χ3v) is 10.1. The Bertz CT molecular complexity index is 1700. The molecule has 51 heavy (non-hydrogen) atoms. The van der Waals surface area contributed by atoms with Gasteiger partial charge in [0.05, 0.1) is 32.3 Å². The smallest absolute Gasteiger partial charge is 0.266 e. The number of ketones is 1. The fourth-order valence-electron chi connectivity index (χ4n) is 6.40. The van der Waals surface area contributed by atoms with Crippen LogP contribution in [0.3, 0.4) is 0 Å². The fraction of sp³-hybridized carbons (Fsp3) is 0.543. The molecule has 3 heterocycles. The van der Waals surface area contributed by atoms with Gasteiger partial charge in [0, 0.05) is 18.0 Å². The second-order valence-corrected chi connectivity index (χ2v) is 15.3. The van der Waals surface area contributed by atoms with E-state index < -0.39 is 51.9 Å². The Labute approximate surface area is 303 Å². The van der Waals surface area contributed by atoms with Gasteiger partial charge in [-0.05, 0) is 81.1 Å². The van der Waals surface area contributed by atoms with E-state index in [0.29, 0.717) is 35.0 Å². The zero-order valence-electron chi connectivity index (χ0n) is 28.9. The number of rotatable bonds is 18. The van der Waals surface area contributed by atoms with Gasteiger partial charge >= 0.3 is 0 Å². The van der Waals surface area contributed by atoms with Crippen molar-refractivity contribution in [2.75, 3.05) is 45.8 Å². The number of hydrogen-bond donors (Lipinski definition) is 4. The number of nitrogens with zero attached hydrogens (tertiary/aromatic N) is 2. The van der Waals surface area contributed by atoms with Crippen molar-refractivity contribution >= 4 is 50.3 Å².